The molecule has 0 aliphatic carbocycles. The van der Waals surface area contributed by atoms with Crippen LogP contribution in [-0.2, 0) is 14.4 Å². The predicted octanol–water partition coefficient (Wildman–Crippen LogP) is -0.678. The third kappa shape index (κ3) is 3.80. The number of rotatable bonds is 1. The van der Waals surface area contributed by atoms with Crippen LogP contribution in [0.25, 0.3) is 0 Å². The SMILES string of the molecule is COc1ccccc1O.O=C1NC(=O)C(=O)C(=O)N1. The number of carbonyl (C=O) groups is 4. The summed E-state index contributed by atoms with van der Waals surface area (Å²) in [7, 11) is 1.52. The Kier molecular flexibility index (Phi) is 4.58. The van der Waals surface area contributed by atoms with Crippen LogP contribution in [0, 0.1) is 0 Å². The molecule has 0 unspecified atom stereocenters. The molecular formula is C11H10N2O6. The first-order valence-electron chi connectivity index (χ1n) is 4.98. The van der Waals surface area contributed by atoms with E-state index in [1.165, 1.54) is 7.11 Å². The van der Waals surface area contributed by atoms with Crippen molar-refractivity contribution >= 4 is 23.6 Å². The van der Waals surface area contributed by atoms with Crippen LogP contribution < -0.4 is 15.4 Å². The number of hydrogen-bond acceptors (Lipinski definition) is 6. The fourth-order valence-electron chi connectivity index (χ4n) is 1.08. The Bertz CT molecular complexity index is 518. The molecule has 2 rings (SSSR count). The molecule has 0 spiro atoms. The molecule has 1 heterocycles. The minimum Gasteiger partial charge on any atom is -0.504 e. The molecule has 1 aromatic carbocycles. The lowest BCUT2D eigenvalue weighted by Crippen LogP contribution is -2.56. The summed E-state index contributed by atoms with van der Waals surface area (Å²) in [4.78, 5) is 41.1. The first kappa shape index (κ1) is 14.2. The monoisotopic (exact) mass is 266 g/mol. The maximum absolute atomic E-state index is 10.3. The van der Waals surface area contributed by atoms with Crippen LogP contribution in [0.4, 0.5) is 4.79 Å². The Labute approximate surface area is 107 Å². The molecule has 3 N–H and O–H groups in total. The number of phenolic OH excluding ortho intramolecular Hbond substituents is 1. The number of carbonyl (C=O) groups excluding carboxylic acids is 4. The molecule has 0 radical (unpaired) electrons. The second-order valence-corrected chi connectivity index (χ2v) is 3.24. The van der Waals surface area contributed by atoms with Crippen LogP contribution >= 0.6 is 0 Å². The Hall–Kier alpha value is -2.90. The predicted molar refractivity (Wildman–Crippen MR) is 61.3 cm³/mol. The van der Waals surface area contributed by atoms with E-state index in [-0.39, 0.29) is 5.75 Å². The van der Waals surface area contributed by atoms with Gasteiger partial charge in [0.2, 0.25) is 0 Å². The highest BCUT2D eigenvalue weighted by atomic mass is 16.5. The maximum atomic E-state index is 10.3. The molecule has 0 saturated carbocycles. The summed E-state index contributed by atoms with van der Waals surface area (Å²) in [6.45, 7) is 0. The number of nitrogens with one attached hydrogen (secondary N) is 2. The normalized spacial score (nSPS) is 13.9. The number of amides is 4. The van der Waals surface area contributed by atoms with Gasteiger partial charge in [-0.2, -0.15) is 0 Å². The van der Waals surface area contributed by atoms with Crippen molar-refractivity contribution in [3.05, 3.63) is 24.3 Å². The Balaban J connectivity index is 0.000000191. The van der Waals surface area contributed by atoms with E-state index in [2.05, 4.69) is 0 Å². The number of ketones is 1. The van der Waals surface area contributed by atoms with Gasteiger partial charge in [-0.1, -0.05) is 12.1 Å². The van der Waals surface area contributed by atoms with Crippen molar-refractivity contribution in [3.8, 4) is 11.5 Å². The lowest BCUT2D eigenvalue weighted by molar-refractivity contribution is -0.146. The number of aromatic hydroxyl groups is 1. The second kappa shape index (κ2) is 6.15. The van der Waals surface area contributed by atoms with Crippen molar-refractivity contribution in [2.45, 2.75) is 0 Å². The summed E-state index contributed by atoms with van der Waals surface area (Å²) in [5.41, 5.74) is 0. The summed E-state index contributed by atoms with van der Waals surface area (Å²) < 4.78 is 4.79. The van der Waals surface area contributed by atoms with Crippen LogP contribution in [0.1, 0.15) is 0 Å². The molecule has 1 aliphatic rings. The summed E-state index contributed by atoms with van der Waals surface area (Å²) in [6, 6.07) is 5.87. The van der Waals surface area contributed by atoms with E-state index in [1.54, 1.807) is 34.9 Å². The summed E-state index contributed by atoms with van der Waals surface area (Å²) in [5, 5.41) is 12.2. The number of hydrogen-bond donors (Lipinski definition) is 3. The lowest BCUT2D eigenvalue weighted by atomic mass is 10.3. The van der Waals surface area contributed by atoms with Gasteiger partial charge >= 0.3 is 23.6 Å². The summed E-state index contributed by atoms with van der Waals surface area (Å²) >= 11 is 0. The summed E-state index contributed by atoms with van der Waals surface area (Å²) in [6.07, 6.45) is 0. The molecule has 4 amide bonds. The van der Waals surface area contributed by atoms with Crippen molar-refractivity contribution in [1.82, 2.24) is 10.6 Å². The third-order valence-electron chi connectivity index (χ3n) is 1.95. The quantitative estimate of drug-likeness (QED) is 0.579. The topological polar surface area (TPSA) is 122 Å². The van der Waals surface area contributed by atoms with Gasteiger partial charge in [-0.25, -0.2) is 4.79 Å². The zero-order valence-electron chi connectivity index (χ0n) is 9.80. The van der Waals surface area contributed by atoms with E-state index in [0.717, 1.165) is 0 Å². The average Bonchev–Trinajstić information content (AvgIpc) is 2.37. The number of methoxy groups -OCH3 is 1. The summed E-state index contributed by atoms with van der Waals surface area (Å²) in [5.74, 6) is -2.93. The van der Waals surface area contributed by atoms with Crippen LogP contribution in [0.3, 0.4) is 0 Å². The highest BCUT2D eigenvalue weighted by Crippen LogP contribution is 2.22. The minimum absolute atomic E-state index is 0.181. The van der Waals surface area contributed by atoms with Gasteiger partial charge in [0.15, 0.2) is 11.5 Å². The van der Waals surface area contributed by atoms with Crippen molar-refractivity contribution in [1.29, 1.82) is 0 Å². The number of urea groups is 1. The van der Waals surface area contributed by atoms with Crippen molar-refractivity contribution in [2.24, 2.45) is 0 Å². The third-order valence-corrected chi connectivity index (χ3v) is 1.95. The first-order valence-corrected chi connectivity index (χ1v) is 4.98. The van der Waals surface area contributed by atoms with E-state index in [1.807, 2.05) is 0 Å². The molecule has 100 valence electrons. The number of para-hydroxylation sites is 2. The van der Waals surface area contributed by atoms with Gasteiger partial charge in [-0.05, 0) is 12.1 Å². The minimum atomic E-state index is -1.25. The zero-order chi connectivity index (χ0) is 14.4. The molecule has 1 aliphatic heterocycles. The fraction of sp³-hybridized carbons (Fsp3) is 0.0909. The van der Waals surface area contributed by atoms with E-state index in [0.29, 0.717) is 5.75 Å². The highest BCUT2D eigenvalue weighted by Gasteiger charge is 2.31. The molecule has 8 nitrogen and oxygen atoms in total. The lowest BCUT2D eigenvalue weighted by Gasteiger charge is -2.07. The van der Waals surface area contributed by atoms with E-state index in [9.17, 15) is 19.2 Å². The second-order valence-electron chi connectivity index (χ2n) is 3.24. The molecule has 1 aromatic rings. The van der Waals surface area contributed by atoms with E-state index in [4.69, 9.17) is 9.84 Å². The standard InChI is InChI=1S/C7H8O2.C4H2N2O4/c1-9-7-5-3-2-4-6(7)8;7-1-2(8)5-4(10)6-3(1)9/h2-5,8H,1H3;(H2,5,6,8,9,10). The molecule has 0 bridgehead atoms. The first-order chi connectivity index (χ1) is 8.95. The van der Waals surface area contributed by atoms with Gasteiger partial charge in [0, 0.05) is 0 Å². The van der Waals surface area contributed by atoms with Crippen LogP contribution in [0.2, 0.25) is 0 Å². The number of Topliss-reactive ketones (excluding diaryl/α,β-unsaturated/α-hetero) is 1. The largest absolute Gasteiger partial charge is 0.504 e. The Morgan fingerprint density at radius 1 is 1.00 bits per heavy atom. The zero-order valence-corrected chi connectivity index (χ0v) is 9.80. The molecule has 19 heavy (non-hydrogen) atoms. The van der Waals surface area contributed by atoms with Crippen LogP contribution in [-0.4, -0.2) is 35.8 Å². The Morgan fingerprint density at radius 3 is 1.95 bits per heavy atom. The smallest absolute Gasteiger partial charge is 0.328 e. The fourth-order valence-corrected chi connectivity index (χ4v) is 1.08. The number of phenols is 1. The van der Waals surface area contributed by atoms with E-state index < -0.39 is 23.6 Å². The Morgan fingerprint density at radius 2 is 1.53 bits per heavy atom. The molecular weight excluding hydrogens is 256 g/mol. The van der Waals surface area contributed by atoms with Gasteiger partial charge in [0.25, 0.3) is 0 Å². The average molecular weight is 266 g/mol. The van der Waals surface area contributed by atoms with Gasteiger partial charge in [0.1, 0.15) is 0 Å². The van der Waals surface area contributed by atoms with Crippen molar-refractivity contribution in [2.75, 3.05) is 7.11 Å². The number of ether oxygens (including phenoxy) is 1. The van der Waals surface area contributed by atoms with Crippen molar-refractivity contribution < 1.29 is 29.0 Å². The number of barbiturate groups is 1. The number of benzene rings is 1. The van der Waals surface area contributed by atoms with Crippen LogP contribution in [0.5, 0.6) is 11.5 Å². The van der Waals surface area contributed by atoms with Crippen molar-refractivity contribution in [3.63, 3.8) is 0 Å². The molecule has 1 saturated heterocycles. The highest BCUT2D eigenvalue weighted by molar-refractivity contribution is 6.66. The van der Waals surface area contributed by atoms with E-state index >= 15 is 0 Å². The maximum Gasteiger partial charge on any atom is 0.328 e. The molecule has 1 fully saturated rings. The number of imide groups is 2. The van der Waals surface area contributed by atoms with Gasteiger partial charge in [-0.3, -0.25) is 25.0 Å². The van der Waals surface area contributed by atoms with Gasteiger partial charge in [0.05, 0.1) is 7.11 Å². The molecule has 8 heteroatoms. The molecule has 0 atom stereocenters. The van der Waals surface area contributed by atoms with Gasteiger partial charge < -0.3 is 9.84 Å². The van der Waals surface area contributed by atoms with Crippen LogP contribution in [0.15, 0.2) is 24.3 Å². The van der Waals surface area contributed by atoms with Gasteiger partial charge in [-0.15, -0.1) is 0 Å². The molecule has 0 aromatic heterocycles.